The topological polar surface area (TPSA) is 92.8 Å². The highest BCUT2D eigenvalue weighted by Gasteiger charge is 2.20. The third-order valence-corrected chi connectivity index (χ3v) is 6.19. The fourth-order valence-electron chi connectivity index (χ4n) is 2.73. The van der Waals surface area contributed by atoms with E-state index in [-0.39, 0.29) is 16.4 Å². The Kier molecular flexibility index (Phi) is 7.16. The molecule has 29 heavy (non-hydrogen) atoms. The third kappa shape index (κ3) is 5.42. The molecule has 0 spiro atoms. The number of carbonyl (C=O) groups is 2. The van der Waals surface area contributed by atoms with Gasteiger partial charge < -0.3 is 10.1 Å². The fourth-order valence-corrected chi connectivity index (χ4v) is 3.67. The van der Waals surface area contributed by atoms with E-state index in [1.807, 2.05) is 39.0 Å². The van der Waals surface area contributed by atoms with Crippen LogP contribution in [0.15, 0.2) is 47.4 Å². The predicted molar refractivity (Wildman–Crippen MR) is 111 cm³/mol. The van der Waals surface area contributed by atoms with Gasteiger partial charge in [0, 0.05) is 19.8 Å². The second-order valence-electron chi connectivity index (χ2n) is 7.13. The van der Waals surface area contributed by atoms with Gasteiger partial charge in [-0.1, -0.05) is 38.1 Å². The van der Waals surface area contributed by atoms with Crippen molar-refractivity contribution in [1.29, 1.82) is 0 Å². The van der Waals surface area contributed by atoms with Gasteiger partial charge in [0.2, 0.25) is 10.0 Å². The van der Waals surface area contributed by atoms with E-state index in [0.29, 0.717) is 5.69 Å². The largest absolute Gasteiger partial charge is 0.452 e. The van der Waals surface area contributed by atoms with Crippen molar-refractivity contribution in [1.82, 2.24) is 4.31 Å². The van der Waals surface area contributed by atoms with Crippen LogP contribution in [0.25, 0.3) is 0 Å². The second-order valence-corrected chi connectivity index (χ2v) is 9.29. The van der Waals surface area contributed by atoms with E-state index in [0.717, 1.165) is 15.4 Å². The molecule has 1 N–H and O–H groups in total. The molecule has 0 atom stereocenters. The van der Waals surface area contributed by atoms with Crippen molar-refractivity contribution in [2.75, 3.05) is 26.0 Å². The molecule has 0 aromatic heterocycles. The fraction of sp³-hybridized carbons (Fsp3) is 0.333. The van der Waals surface area contributed by atoms with E-state index in [4.69, 9.17) is 4.74 Å². The zero-order chi connectivity index (χ0) is 21.8. The number of para-hydroxylation sites is 1. The molecule has 8 heteroatoms. The summed E-state index contributed by atoms with van der Waals surface area (Å²) in [6.45, 7) is 5.47. The average Bonchev–Trinajstić information content (AvgIpc) is 2.67. The van der Waals surface area contributed by atoms with Gasteiger partial charge in [-0.3, -0.25) is 4.79 Å². The number of hydrogen-bond donors (Lipinski definition) is 1. The molecule has 0 aliphatic heterocycles. The Labute approximate surface area is 171 Å². The minimum absolute atomic E-state index is 0.0251. The summed E-state index contributed by atoms with van der Waals surface area (Å²) >= 11 is 0. The Morgan fingerprint density at radius 3 is 2.38 bits per heavy atom. The van der Waals surface area contributed by atoms with E-state index >= 15 is 0 Å². The highest BCUT2D eigenvalue weighted by molar-refractivity contribution is 7.89. The first kappa shape index (κ1) is 22.6. The molecular weight excluding hydrogens is 392 g/mol. The van der Waals surface area contributed by atoms with Crippen molar-refractivity contribution in [2.45, 2.75) is 31.6 Å². The number of nitrogens with zero attached hydrogens (tertiary/aromatic N) is 1. The maximum Gasteiger partial charge on any atom is 0.338 e. The molecule has 2 rings (SSSR count). The molecule has 0 radical (unpaired) electrons. The number of sulfonamides is 1. The summed E-state index contributed by atoms with van der Waals surface area (Å²) in [7, 11) is -0.868. The SMILES string of the molecule is Cc1cccc(C(C)C)c1NC(=O)COC(=O)c1cccc(S(=O)(=O)N(C)C)c1. The van der Waals surface area contributed by atoms with Crippen LogP contribution in [0, 0.1) is 6.92 Å². The van der Waals surface area contributed by atoms with Crippen molar-refractivity contribution in [3.8, 4) is 0 Å². The van der Waals surface area contributed by atoms with Crippen LogP contribution in [0.5, 0.6) is 0 Å². The Morgan fingerprint density at radius 1 is 1.10 bits per heavy atom. The van der Waals surface area contributed by atoms with Gasteiger partial charge in [0.1, 0.15) is 0 Å². The molecule has 0 heterocycles. The van der Waals surface area contributed by atoms with Crippen LogP contribution in [-0.4, -0.2) is 45.3 Å². The molecule has 0 aliphatic carbocycles. The number of rotatable bonds is 7. The van der Waals surface area contributed by atoms with Gasteiger partial charge in [-0.2, -0.15) is 0 Å². The van der Waals surface area contributed by atoms with Gasteiger partial charge in [0.05, 0.1) is 10.5 Å². The van der Waals surface area contributed by atoms with Gasteiger partial charge in [-0.25, -0.2) is 17.5 Å². The summed E-state index contributed by atoms with van der Waals surface area (Å²) in [4.78, 5) is 24.6. The smallest absolute Gasteiger partial charge is 0.338 e. The highest BCUT2D eigenvalue weighted by atomic mass is 32.2. The molecule has 0 saturated heterocycles. The van der Waals surface area contributed by atoms with Crippen molar-refractivity contribution in [3.63, 3.8) is 0 Å². The number of benzene rings is 2. The molecule has 156 valence electrons. The Balaban J connectivity index is 2.08. The summed E-state index contributed by atoms with van der Waals surface area (Å²) in [5.41, 5.74) is 2.67. The third-order valence-electron chi connectivity index (χ3n) is 4.37. The molecule has 2 aromatic carbocycles. The normalized spacial score (nSPS) is 11.6. The van der Waals surface area contributed by atoms with E-state index in [9.17, 15) is 18.0 Å². The molecule has 0 aliphatic rings. The summed E-state index contributed by atoms with van der Waals surface area (Å²) in [5.74, 6) is -1.02. The monoisotopic (exact) mass is 418 g/mol. The molecule has 0 unspecified atom stereocenters. The van der Waals surface area contributed by atoms with Gasteiger partial charge in [0.15, 0.2) is 6.61 Å². The summed E-state index contributed by atoms with van der Waals surface area (Å²) < 4.78 is 30.5. The quantitative estimate of drug-likeness (QED) is 0.697. The number of anilines is 1. The minimum Gasteiger partial charge on any atom is -0.452 e. The summed E-state index contributed by atoms with van der Waals surface area (Å²) in [5, 5.41) is 2.80. The molecule has 2 aromatic rings. The highest BCUT2D eigenvalue weighted by Crippen LogP contribution is 2.27. The lowest BCUT2D eigenvalue weighted by atomic mass is 9.98. The molecule has 7 nitrogen and oxygen atoms in total. The van der Waals surface area contributed by atoms with E-state index in [1.165, 1.54) is 38.4 Å². The van der Waals surface area contributed by atoms with Crippen LogP contribution in [0.3, 0.4) is 0 Å². The van der Waals surface area contributed by atoms with Gasteiger partial charge in [-0.15, -0.1) is 0 Å². The lowest BCUT2D eigenvalue weighted by molar-refractivity contribution is -0.119. The molecule has 1 amide bonds. The van der Waals surface area contributed by atoms with Gasteiger partial charge >= 0.3 is 5.97 Å². The first-order chi connectivity index (χ1) is 13.5. The van der Waals surface area contributed by atoms with Crippen LogP contribution in [0.4, 0.5) is 5.69 Å². The van der Waals surface area contributed by atoms with Crippen LogP contribution in [0.2, 0.25) is 0 Å². The van der Waals surface area contributed by atoms with E-state index < -0.39 is 28.5 Å². The van der Waals surface area contributed by atoms with Gasteiger partial charge in [0.25, 0.3) is 5.91 Å². The average molecular weight is 419 g/mol. The maximum absolute atomic E-state index is 12.3. The molecule has 0 saturated carbocycles. The number of amides is 1. The van der Waals surface area contributed by atoms with E-state index in [1.54, 1.807) is 0 Å². The number of esters is 1. The van der Waals surface area contributed by atoms with Crippen molar-refractivity contribution < 1.29 is 22.7 Å². The Hall–Kier alpha value is -2.71. The molecular formula is C21H26N2O5S. The number of carbonyl (C=O) groups excluding carboxylic acids is 2. The first-order valence-corrected chi connectivity index (χ1v) is 10.6. The Morgan fingerprint density at radius 2 is 1.76 bits per heavy atom. The Bertz CT molecular complexity index is 1010. The standard InChI is InChI=1S/C21H26N2O5S/c1-14(2)18-11-6-8-15(3)20(18)22-19(24)13-28-21(25)16-9-7-10-17(12-16)29(26,27)23(4)5/h6-12,14H,13H2,1-5H3,(H,22,24). The molecule has 0 fully saturated rings. The van der Waals surface area contributed by atoms with Crippen LogP contribution >= 0.6 is 0 Å². The predicted octanol–water partition coefficient (Wildman–Crippen LogP) is 3.16. The lowest BCUT2D eigenvalue weighted by Crippen LogP contribution is -2.23. The lowest BCUT2D eigenvalue weighted by Gasteiger charge is -2.16. The van der Waals surface area contributed by atoms with Crippen LogP contribution in [0.1, 0.15) is 41.3 Å². The zero-order valence-electron chi connectivity index (χ0n) is 17.2. The van der Waals surface area contributed by atoms with Crippen molar-refractivity contribution >= 4 is 27.6 Å². The van der Waals surface area contributed by atoms with Crippen molar-refractivity contribution in [3.05, 3.63) is 59.2 Å². The summed E-state index contributed by atoms with van der Waals surface area (Å²) in [6, 6.07) is 11.3. The number of ether oxygens (including phenoxy) is 1. The minimum atomic E-state index is -3.68. The molecule has 0 bridgehead atoms. The van der Waals surface area contributed by atoms with Crippen molar-refractivity contribution in [2.24, 2.45) is 0 Å². The first-order valence-electron chi connectivity index (χ1n) is 9.13. The zero-order valence-corrected chi connectivity index (χ0v) is 18.0. The number of nitrogens with one attached hydrogen (secondary N) is 1. The summed E-state index contributed by atoms with van der Waals surface area (Å²) in [6.07, 6.45) is 0. The maximum atomic E-state index is 12.3. The number of hydrogen-bond acceptors (Lipinski definition) is 5. The van der Waals surface area contributed by atoms with Crippen LogP contribution in [-0.2, 0) is 19.6 Å². The van der Waals surface area contributed by atoms with E-state index in [2.05, 4.69) is 5.32 Å². The van der Waals surface area contributed by atoms with Crippen LogP contribution < -0.4 is 5.32 Å². The number of aryl methyl sites for hydroxylation is 1. The van der Waals surface area contributed by atoms with Gasteiger partial charge in [-0.05, 0) is 42.2 Å². The second kappa shape index (κ2) is 9.19.